The number of H-pyrrole nitrogens is 1. The Kier molecular flexibility index (Phi) is 3.42. The molecule has 24 heavy (non-hydrogen) atoms. The van der Waals surface area contributed by atoms with Gasteiger partial charge in [0.15, 0.2) is 12.1 Å². The van der Waals surface area contributed by atoms with Crippen molar-refractivity contribution < 1.29 is 20.1 Å². The summed E-state index contributed by atoms with van der Waals surface area (Å²) in [7, 11) is 0. The van der Waals surface area contributed by atoms with Crippen molar-refractivity contribution in [2.75, 3.05) is 12.3 Å². The van der Waals surface area contributed by atoms with Crippen LogP contribution in [0.3, 0.4) is 0 Å². The molecule has 11 nitrogen and oxygen atoms in total. The standard InChI is InChI=1S/C13H15N7O4/c14-10-7-5(11-16-4-18-19-11)1-20(12(7)17-3-15-10)13-9(23)8(22)6(2-21)24-13/h1,3-4,6,8-9,13,21-23H,2H2,(H2,14,15,17)(H,16,18,19). The summed E-state index contributed by atoms with van der Waals surface area (Å²) in [4.78, 5) is 12.3. The van der Waals surface area contributed by atoms with Gasteiger partial charge in [0, 0.05) is 11.8 Å². The number of nitrogens with two attached hydrogens (primary N) is 1. The van der Waals surface area contributed by atoms with Gasteiger partial charge in [-0.15, -0.1) is 0 Å². The SMILES string of the molecule is Nc1ncnc2c1c(-c1ncn[nH]1)cn2C1OC(CO)C(O)C1O. The van der Waals surface area contributed by atoms with Crippen LogP contribution in [0.15, 0.2) is 18.9 Å². The summed E-state index contributed by atoms with van der Waals surface area (Å²) in [5.74, 6) is 0.684. The van der Waals surface area contributed by atoms with Gasteiger partial charge in [-0.1, -0.05) is 0 Å². The number of aromatic amines is 1. The van der Waals surface area contributed by atoms with Crippen LogP contribution in [0.5, 0.6) is 0 Å². The molecule has 126 valence electrons. The molecule has 0 spiro atoms. The molecule has 11 heteroatoms. The molecule has 0 aliphatic carbocycles. The monoisotopic (exact) mass is 333 g/mol. The quantitative estimate of drug-likeness (QED) is 0.379. The Hall–Kier alpha value is -2.60. The molecule has 1 saturated heterocycles. The molecule has 1 aliphatic heterocycles. The number of aliphatic hydroxyl groups excluding tert-OH is 3. The molecule has 0 bridgehead atoms. The summed E-state index contributed by atoms with van der Waals surface area (Å²) in [6.45, 7) is -0.417. The van der Waals surface area contributed by atoms with Crippen molar-refractivity contribution in [1.82, 2.24) is 29.7 Å². The van der Waals surface area contributed by atoms with Crippen molar-refractivity contribution in [1.29, 1.82) is 0 Å². The van der Waals surface area contributed by atoms with E-state index in [4.69, 9.17) is 10.5 Å². The first kappa shape index (κ1) is 15.0. The molecule has 0 radical (unpaired) electrons. The van der Waals surface area contributed by atoms with Gasteiger partial charge in [0.2, 0.25) is 0 Å². The summed E-state index contributed by atoms with van der Waals surface area (Å²) >= 11 is 0. The molecule has 0 saturated carbocycles. The predicted octanol–water partition coefficient (Wildman–Crippen LogP) is -1.59. The second-order valence-corrected chi connectivity index (χ2v) is 5.47. The van der Waals surface area contributed by atoms with Gasteiger partial charge in [-0.3, -0.25) is 5.10 Å². The molecular weight excluding hydrogens is 318 g/mol. The fourth-order valence-electron chi connectivity index (χ4n) is 2.93. The van der Waals surface area contributed by atoms with Crippen LogP contribution >= 0.6 is 0 Å². The van der Waals surface area contributed by atoms with Crippen molar-refractivity contribution in [3.05, 3.63) is 18.9 Å². The number of nitrogen functional groups attached to an aromatic ring is 1. The second-order valence-electron chi connectivity index (χ2n) is 5.47. The summed E-state index contributed by atoms with van der Waals surface area (Å²) < 4.78 is 7.10. The maximum atomic E-state index is 10.3. The van der Waals surface area contributed by atoms with Gasteiger partial charge >= 0.3 is 0 Å². The average Bonchev–Trinajstić information content (AvgIpc) is 3.28. The van der Waals surface area contributed by atoms with Gasteiger partial charge < -0.3 is 30.4 Å². The fraction of sp³-hybridized carbons (Fsp3) is 0.385. The van der Waals surface area contributed by atoms with Crippen LogP contribution in [0.4, 0.5) is 5.82 Å². The molecule has 4 rings (SSSR count). The van der Waals surface area contributed by atoms with Crippen LogP contribution in [0.2, 0.25) is 0 Å². The first-order valence-corrected chi connectivity index (χ1v) is 7.21. The van der Waals surface area contributed by atoms with E-state index < -0.39 is 31.1 Å². The summed E-state index contributed by atoms with van der Waals surface area (Å²) in [5, 5.41) is 36.6. The number of nitrogens with one attached hydrogen (secondary N) is 1. The third kappa shape index (κ3) is 2.06. The van der Waals surface area contributed by atoms with E-state index >= 15 is 0 Å². The zero-order valence-corrected chi connectivity index (χ0v) is 12.3. The Bertz CT molecular complexity index is 865. The van der Waals surface area contributed by atoms with Crippen molar-refractivity contribution in [2.24, 2.45) is 0 Å². The van der Waals surface area contributed by atoms with Crippen LogP contribution < -0.4 is 5.73 Å². The van der Waals surface area contributed by atoms with Crippen molar-refractivity contribution >= 4 is 16.9 Å². The maximum Gasteiger partial charge on any atom is 0.164 e. The number of hydrogen-bond acceptors (Lipinski definition) is 9. The highest BCUT2D eigenvalue weighted by atomic mass is 16.6. The lowest BCUT2D eigenvalue weighted by Gasteiger charge is -2.17. The molecular formula is C13H15N7O4. The number of anilines is 1. The Morgan fingerprint density at radius 1 is 1.21 bits per heavy atom. The summed E-state index contributed by atoms with van der Waals surface area (Å²) in [6, 6.07) is 0. The molecule has 1 aliphatic rings. The van der Waals surface area contributed by atoms with Crippen LogP contribution in [0.25, 0.3) is 22.4 Å². The molecule has 1 fully saturated rings. The third-order valence-corrected chi connectivity index (χ3v) is 4.10. The van der Waals surface area contributed by atoms with Crippen molar-refractivity contribution in [2.45, 2.75) is 24.5 Å². The highest BCUT2D eigenvalue weighted by molar-refractivity contribution is 5.99. The summed E-state index contributed by atoms with van der Waals surface area (Å²) in [5.41, 5.74) is 6.96. The zero-order chi connectivity index (χ0) is 16.8. The highest BCUT2D eigenvalue weighted by Crippen LogP contribution is 2.37. The molecule has 4 heterocycles. The topological polar surface area (TPSA) is 168 Å². The molecule has 6 N–H and O–H groups in total. The zero-order valence-electron chi connectivity index (χ0n) is 12.3. The summed E-state index contributed by atoms with van der Waals surface area (Å²) in [6.07, 6.45) is -0.0101. The number of aromatic nitrogens is 6. The Balaban J connectivity index is 1.90. The number of hydrogen-bond donors (Lipinski definition) is 5. The van der Waals surface area contributed by atoms with E-state index in [1.54, 1.807) is 6.20 Å². The van der Waals surface area contributed by atoms with Gasteiger partial charge in [0.1, 0.15) is 42.4 Å². The van der Waals surface area contributed by atoms with Gasteiger partial charge in [0.05, 0.1) is 12.0 Å². The smallest absolute Gasteiger partial charge is 0.164 e. The lowest BCUT2D eigenvalue weighted by atomic mass is 10.1. The molecule has 0 aromatic carbocycles. The van der Waals surface area contributed by atoms with E-state index in [0.29, 0.717) is 22.4 Å². The van der Waals surface area contributed by atoms with Gasteiger partial charge in [-0.05, 0) is 0 Å². The second kappa shape index (κ2) is 5.49. The van der Waals surface area contributed by atoms with Crippen LogP contribution in [-0.4, -0.2) is 70.0 Å². The minimum absolute atomic E-state index is 0.233. The largest absolute Gasteiger partial charge is 0.394 e. The van der Waals surface area contributed by atoms with E-state index in [0.717, 1.165) is 0 Å². The third-order valence-electron chi connectivity index (χ3n) is 4.10. The van der Waals surface area contributed by atoms with Crippen molar-refractivity contribution in [3.8, 4) is 11.4 Å². The first-order valence-electron chi connectivity index (χ1n) is 7.21. The average molecular weight is 333 g/mol. The minimum atomic E-state index is -1.24. The molecule has 3 aromatic heterocycles. The minimum Gasteiger partial charge on any atom is -0.394 e. The Morgan fingerprint density at radius 3 is 2.71 bits per heavy atom. The van der Waals surface area contributed by atoms with Crippen LogP contribution in [0, 0.1) is 0 Å². The van der Waals surface area contributed by atoms with Crippen LogP contribution in [0.1, 0.15) is 6.23 Å². The highest BCUT2D eigenvalue weighted by Gasteiger charge is 2.44. The van der Waals surface area contributed by atoms with Crippen LogP contribution in [-0.2, 0) is 4.74 Å². The maximum absolute atomic E-state index is 10.3. The molecule has 0 amide bonds. The fourth-order valence-corrected chi connectivity index (χ4v) is 2.93. The molecule has 4 atom stereocenters. The van der Waals surface area contributed by atoms with Gasteiger partial charge in [-0.2, -0.15) is 5.10 Å². The molecule has 4 unspecified atom stereocenters. The number of ether oxygens (including phenoxy) is 1. The Labute approximate surface area is 134 Å². The number of rotatable bonds is 3. The van der Waals surface area contributed by atoms with E-state index in [1.807, 2.05) is 0 Å². The lowest BCUT2D eigenvalue weighted by Crippen LogP contribution is -2.33. The lowest BCUT2D eigenvalue weighted by molar-refractivity contribution is -0.0508. The first-order chi connectivity index (χ1) is 11.6. The van der Waals surface area contributed by atoms with Gasteiger partial charge in [0.25, 0.3) is 0 Å². The number of nitrogens with zero attached hydrogens (tertiary/aromatic N) is 5. The normalized spacial score (nSPS) is 27.1. The van der Waals surface area contributed by atoms with E-state index in [9.17, 15) is 15.3 Å². The Morgan fingerprint density at radius 2 is 2.04 bits per heavy atom. The number of aliphatic hydroxyl groups is 3. The van der Waals surface area contributed by atoms with E-state index in [-0.39, 0.29) is 5.82 Å². The van der Waals surface area contributed by atoms with Crippen molar-refractivity contribution in [3.63, 3.8) is 0 Å². The van der Waals surface area contributed by atoms with Gasteiger partial charge in [-0.25, -0.2) is 15.0 Å². The number of fused-ring (bicyclic) bond motifs is 1. The van der Waals surface area contributed by atoms with E-state index in [2.05, 4.69) is 25.1 Å². The van der Waals surface area contributed by atoms with E-state index in [1.165, 1.54) is 17.2 Å². The predicted molar refractivity (Wildman–Crippen MR) is 80.3 cm³/mol. The molecule has 3 aromatic rings.